The summed E-state index contributed by atoms with van der Waals surface area (Å²) in [4.78, 5) is 6.87. The minimum Gasteiger partial charge on any atom is -0.377 e. The maximum absolute atomic E-state index is 6.08. The smallest absolute Gasteiger partial charge is 0.191 e. The normalized spacial score (nSPS) is 21.9. The topological polar surface area (TPSA) is 48.9 Å². The summed E-state index contributed by atoms with van der Waals surface area (Å²) in [6.45, 7) is 19.6. The summed E-state index contributed by atoms with van der Waals surface area (Å²) < 4.78 is 6.08. The van der Waals surface area contributed by atoms with Crippen LogP contribution in [-0.4, -0.2) is 62.3 Å². The van der Waals surface area contributed by atoms with Crippen molar-refractivity contribution in [2.45, 2.75) is 79.5 Å². The van der Waals surface area contributed by atoms with Crippen molar-refractivity contribution in [2.24, 2.45) is 16.3 Å². The molecule has 2 unspecified atom stereocenters. The molecule has 0 amide bonds. The number of nitrogens with one attached hydrogen (secondary N) is 2. The molecule has 2 N–H and O–H groups in total. The van der Waals surface area contributed by atoms with Crippen LogP contribution in [0.2, 0.25) is 0 Å². The first-order chi connectivity index (χ1) is 11.7. The zero-order valence-corrected chi connectivity index (χ0v) is 20.6. The minimum absolute atomic E-state index is 0. The van der Waals surface area contributed by atoms with Gasteiger partial charge in [-0.3, -0.25) is 9.89 Å². The van der Waals surface area contributed by atoms with Crippen LogP contribution in [0.15, 0.2) is 4.99 Å². The predicted molar refractivity (Wildman–Crippen MR) is 124 cm³/mol. The number of nitrogens with zero attached hydrogens (tertiary/aromatic N) is 2. The Morgan fingerprint density at radius 3 is 2.27 bits per heavy atom. The molecule has 2 atom stereocenters. The highest BCUT2D eigenvalue weighted by Gasteiger charge is 2.35. The van der Waals surface area contributed by atoms with Crippen LogP contribution in [0.25, 0.3) is 0 Å². The molecule has 0 radical (unpaired) electrons. The average Bonchev–Trinajstić information content (AvgIpc) is 2.52. The van der Waals surface area contributed by atoms with E-state index >= 15 is 0 Å². The largest absolute Gasteiger partial charge is 0.377 e. The van der Waals surface area contributed by atoms with Gasteiger partial charge in [-0.05, 0) is 46.0 Å². The first-order valence-electron chi connectivity index (χ1n) is 9.98. The van der Waals surface area contributed by atoms with Crippen molar-refractivity contribution in [3.8, 4) is 0 Å². The Balaban J connectivity index is 0.00000625. The fourth-order valence-electron chi connectivity index (χ4n) is 3.87. The summed E-state index contributed by atoms with van der Waals surface area (Å²) in [6, 6.07) is 1.12. The fourth-order valence-corrected chi connectivity index (χ4v) is 3.87. The fraction of sp³-hybridized carbons (Fsp3) is 0.950. The lowest BCUT2D eigenvalue weighted by atomic mass is 9.78. The van der Waals surface area contributed by atoms with E-state index in [0.717, 1.165) is 38.6 Å². The molecule has 0 bridgehead atoms. The number of rotatable bonds is 7. The molecule has 0 aromatic rings. The second-order valence-electron chi connectivity index (χ2n) is 8.86. The Morgan fingerprint density at radius 1 is 1.15 bits per heavy atom. The number of guanidine groups is 1. The van der Waals surface area contributed by atoms with Crippen LogP contribution in [0.5, 0.6) is 0 Å². The Kier molecular flexibility index (Phi) is 12.4. The second kappa shape index (κ2) is 12.4. The highest BCUT2D eigenvalue weighted by Crippen LogP contribution is 2.33. The standard InChI is InChI=1S/C20H42N4O.HI/c1-15(2)24(16(3)4)12-11-22-19(21-8)23-14-17-10-9-13-25-18(17)20(5,6)7;/h15-18H,9-14H2,1-8H3,(H2,21,22,23);1H. The van der Waals surface area contributed by atoms with Crippen molar-refractivity contribution in [2.75, 3.05) is 33.3 Å². The van der Waals surface area contributed by atoms with E-state index in [0.29, 0.717) is 24.1 Å². The number of hydrogen-bond donors (Lipinski definition) is 2. The molecular weight excluding hydrogens is 439 g/mol. The van der Waals surface area contributed by atoms with Crippen LogP contribution >= 0.6 is 24.0 Å². The summed E-state index contributed by atoms with van der Waals surface area (Å²) in [5, 5.41) is 6.97. The first kappa shape index (κ1) is 25.9. The van der Waals surface area contributed by atoms with E-state index in [4.69, 9.17) is 4.74 Å². The molecule has 1 aliphatic rings. The molecule has 0 spiro atoms. The van der Waals surface area contributed by atoms with E-state index < -0.39 is 0 Å². The summed E-state index contributed by atoms with van der Waals surface area (Å²) in [5.41, 5.74) is 0.179. The monoisotopic (exact) mass is 482 g/mol. The molecule has 26 heavy (non-hydrogen) atoms. The quantitative estimate of drug-likeness (QED) is 0.330. The van der Waals surface area contributed by atoms with E-state index in [-0.39, 0.29) is 29.4 Å². The average molecular weight is 482 g/mol. The first-order valence-corrected chi connectivity index (χ1v) is 9.98. The third kappa shape index (κ3) is 8.74. The van der Waals surface area contributed by atoms with Crippen molar-refractivity contribution in [3.63, 3.8) is 0 Å². The molecule has 1 heterocycles. The van der Waals surface area contributed by atoms with Gasteiger partial charge in [-0.2, -0.15) is 0 Å². The zero-order valence-electron chi connectivity index (χ0n) is 18.3. The van der Waals surface area contributed by atoms with Crippen LogP contribution in [0.1, 0.15) is 61.3 Å². The third-order valence-corrected chi connectivity index (χ3v) is 5.04. The van der Waals surface area contributed by atoms with Crippen molar-refractivity contribution in [1.82, 2.24) is 15.5 Å². The van der Waals surface area contributed by atoms with Crippen molar-refractivity contribution < 1.29 is 4.74 Å². The lowest BCUT2D eigenvalue weighted by molar-refractivity contribution is -0.0835. The van der Waals surface area contributed by atoms with E-state index in [2.05, 4.69) is 69.0 Å². The van der Waals surface area contributed by atoms with Crippen molar-refractivity contribution in [3.05, 3.63) is 0 Å². The Morgan fingerprint density at radius 2 is 1.77 bits per heavy atom. The van der Waals surface area contributed by atoms with Gasteiger partial charge < -0.3 is 15.4 Å². The van der Waals surface area contributed by atoms with Crippen LogP contribution in [0, 0.1) is 11.3 Å². The third-order valence-electron chi connectivity index (χ3n) is 5.04. The molecule has 0 aliphatic carbocycles. The Hall–Kier alpha value is -0.0800. The molecule has 1 aliphatic heterocycles. The van der Waals surface area contributed by atoms with Gasteiger partial charge in [0.2, 0.25) is 0 Å². The summed E-state index contributed by atoms with van der Waals surface area (Å²) in [6.07, 6.45) is 2.69. The second-order valence-corrected chi connectivity index (χ2v) is 8.86. The molecule has 1 fully saturated rings. The van der Waals surface area contributed by atoms with Gasteiger partial charge in [0.25, 0.3) is 0 Å². The maximum atomic E-state index is 6.08. The van der Waals surface area contributed by atoms with Crippen molar-refractivity contribution >= 4 is 29.9 Å². The Labute approximate surface area is 179 Å². The van der Waals surface area contributed by atoms with Gasteiger partial charge in [-0.1, -0.05) is 20.8 Å². The molecule has 0 aromatic carbocycles. The van der Waals surface area contributed by atoms with E-state index in [9.17, 15) is 0 Å². The highest BCUT2D eigenvalue weighted by atomic mass is 127. The summed E-state index contributed by atoms with van der Waals surface area (Å²) in [7, 11) is 1.84. The molecule has 5 nitrogen and oxygen atoms in total. The van der Waals surface area contributed by atoms with Crippen LogP contribution < -0.4 is 10.6 Å². The zero-order chi connectivity index (χ0) is 19.0. The molecule has 0 saturated carbocycles. The molecule has 1 saturated heterocycles. The molecular formula is C20H43IN4O. The number of halogens is 1. The summed E-state index contributed by atoms with van der Waals surface area (Å²) in [5.74, 6) is 1.43. The molecule has 1 rings (SSSR count). The predicted octanol–water partition coefficient (Wildman–Crippen LogP) is 3.73. The minimum atomic E-state index is 0. The summed E-state index contributed by atoms with van der Waals surface area (Å²) >= 11 is 0. The number of ether oxygens (including phenoxy) is 1. The van der Waals surface area contributed by atoms with Gasteiger partial charge in [-0.25, -0.2) is 0 Å². The van der Waals surface area contributed by atoms with E-state index in [1.807, 2.05) is 7.05 Å². The lowest BCUT2D eigenvalue weighted by Gasteiger charge is -2.40. The van der Waals surface area contributed by atoms with Gasteiger partial charge in [-0.15, -0.1) is 24.0 Å². The van der Waals surface area contributed by atoms with Crippen LogP contribution in [0.4, 0.5) is 0 Å². The van der Waals surface area contributed by atoms with Gasteiger partial charge >= 0.3 is 0 Å². The van der Waals surface area contributed by atoms with E-state index in [1.54, 1.807) is 0 Å². The lowest BCUT2D eigenvalue weighted by Crippen LogP contribution is -2.49. The van der Waals surface area contributed by atoms with Gasteiger partial charge in [0, 0.05) is 51.3 Å². The SMILES string of the molecule is CN=C(NCCN(C(C)C)C(C)C)NCC1CCCOC1C(C)(C)C.I. The molecule has 6 heteroatoms. The van der Waals surface area contributed by atoms with Crippen LogP contribution in [-0.2, 0) is 4.74 Å². The van der Waals surface area contributed by atoms with Crippen LogP contribution in [0.3, 0.4) is 0 Å². The number of hydrogen-bond acceptors (Lipinski definition) is 3. The van der Waals surface area contributed by atoms with E-state index in [1.165, 1.54) is 6.42 Å². The Bertz CT molecular complexity index is 399. The van der Waals surface area contributed by atoms with Gasteiger partial charge in [0.15, 0.2) is 5.96 Å². The number of aliphatic imine (C=N–C) groups is 1. The maximum Gasteiger partial charge on any atom is 0.191 e. The van der Waals surface area contributed by atoms with Crippen molar-refractivity contribution in [1.29, 1.82) is 0 Å². The van der Waals surface area contributed by atoms with Gasteiger partial charge in [0.1, 0.15) is 0 Å². The molecule has 0 aromatic heterocycles. The molecule has 156 valence electrons. The highest BCUT2D eigenvalue weighted by molar-refractivity contribution is 14.0. The van der Waals surface area contributed by atoms with Gasteiger partial charge in [0.05, 0.1) is 6.10 Å².